The molecular weight excluding hydrogens is 324 g/mol. The molecule has 2 aromatic carbocycles. The number of fused-ring (bicyclic) bond motifs is 1. The van der Waals surface area contributed by atoms with E-state index in [2.05, 4.69) is 5.32 Å². The molecule has 2 aromatic rings. The quantitative estimate of drug-likeness (QED) is 0.938. The van der Waals surface area contributed by atoms with E-state index in [1.54, 1.807) is 12.1 Å². The number of hydrogen-bond acceptors (Lipinski definition) is 3. The van der Waals surface area contributed by atoms with E-state index in [0.29, 0.717) is 16.8 Å². The Morgan fingerprint density at radius 1 is 1.04 bits per heavy atom. The molecule has 118 valence electrons. The average Bonchev–Trinajstić information content (AvgIpc) is 2.78. The van der Waals surface area contributed by atoms with Crippen molar-refractivity contribution in [2.45, 2.75) is 11.3 Å². The van der Waals surface area contributed by atoms with Crippen molar-refractivity contribution in [2.24, 2.45) is 0 Å². The van der Waals surface area contributed by atoms with Gasteiger partial charge in [-0.05, 0) is 41.5 Å². The van der Waals surface area contributed by atoms with Gasteiger partial charge in [0.2, 0.25) is 15.7 Å². The largest absolute Gasteiger partial charge is 0.326 e. The second-order valence-electron chi connectivity index (χ2n) is 5.07. The summed E-state index contributed by atoms with van der Waals surface area (Å²) in [6.45, 7) is 0. The van der Waals surface area contributed by atoms with Crippen LogP contribution in [0, 0.1) is 11.6 Å². The van der Waals surface area contributed by atoms with Crippen molar-refractivity contribution in [3.63, 3.8) is 0 Å². The topological polar surface area (TPSA) is 63.2 Å². The molecule has 0 saturated heterocycles. The van der Waals surface area contributed by atoms with Crippen LogP contribution >= 0.6 is 0 Å². The molecule has 0 fully saturated rings. The Labute approximate surface area is 131 Å². The summed E-state index contributed by atoms with van der Waals surface area (Å²) < 4.78 is 49.5. The van der Waals surface area contributed by atoms with Crippen molar-refractivity contribution >= 4 is 27.5 Å². The molecule has 0 bridgehead atoms. The number of hydrogen-bond donors (Lipinski definition) is 1. The molecule has 3 rings (SSSR count). The Morgan fingerprint density at radius 3 is 2.57 bits per heavy atom. The molecule has 1 aliphatic heterocycles. The van der Waals surface area contributed by atoms with Gasteiger partial charge in [0.05, 0.1) is 11.3 Å². The fourth-order valence-electron chi connectivity index (χ4n) is 2.27. The molecule has 0 aromatic heterocycles. The van der Waals surface area contributed by atoms with Crippen molar-refractivity contribution in [3.8, 4) is 0 Å². The second kappa shape index (κ2) is 5.58. The van der Waals surface area contributed by atoms with Gasteiger partial charge in [-0.25, -0.2) is 17.2 Å². The van der Waals surface area contributed by atoms with E-state index in [9.17, 15) is 22.0 Å². The van der Waals surface area contributed by atoms with E-state index in [1.807, 2.05) is 0 Å². The summed E-state index contributed by atoms with van der Waals surface area (Å²) in [5.41, 5.74) is 1.20. The Bertz CT molecular complexity index is 936. The summed E-state index contributed by atoms with van der Waals surface area (Å²) >= 11 is 0. The molecule has 1 N–H and O–H groups in total. The predicted octanol–water partition coefficient (Wildman–Crippen LogP) is 2.90. The van der Waals surface area contributed by atoms with Gasteiger partial charge in [0.15, 0.2) is 11.6 Å². The normalized spacial score (nSPS) is 14.5. The van der Waals surface area contributed by atoms with Gasteiger partial charge in [-0.15, -0.1) is 0 Å². The fraction of sp³-hybridized carbons (Fsp3) is 0.0625. The van der Waals surface area contributed by atoms with Crippen molar-refractivity contribution in [3.05, 3.63) is 64.6 Å². The number of halogens is 2. The van der Waals surface area contributed by atoms with Crippen molar-refractivity contribution in [2.75, 3.05) is 5.32 Å². The summed E-state index contributed by atoms with van der Waals surface area (Å²) in [4.78, 5) is 12.1. The average molecular weight is 335 g/mol. The first-order chi connectivity index (χ1) is 10.8. The molecule has 1 amide bonds. The number of carbonyl (C=O) groups is 1. The zero-order chi connectivity index (χ0) is 16.6. The Balaban J connectivity index is 1.75. The van der Waals surface area contributed by atoms with Gasteiger partial charge < -0.3 is 5.32 Å². The van der Waals surface area contributed by atoms with Crippen LogP contribution in [0.5, 0.6) is 0 Å². The van der Waals surface area contributed by atoms with Crippen LogP contribution in [-0.4, -0.2) is 14.3 Å². The summed E-state index contributed by atoms with van der Waals surface area (Å²) in [7, 11) is -3.46. The van der Waals surface area contributed by atoms with Gasteiger partial charge in [-0.1, -0.05) is 12.1 Å². The summed E-state index contributed by atoms with van der Waals surface area (Å²) in [6, 6.07) is 7.75. The van der Waals surface area contributed by atoms with Gasteiger partial charge in [-0.3, -0.25) is 4.79 Å². The minimum atomic E-state index is -3.46. The molecule has 0 atom stereocenters. The standard InChI is InChI=1S/C16H11F2NO3S/c17-13-4-1-10(7-14(13)18)8-16(20)19-12-3-2-11-5-6-23(21,22)15(11)9-12/h1-7,9H,8H2,(H,19,20). The van der Waals surface area contributed by atoms with E-state index in [4.69, 9.17) is 0 Å². The molecule has 4 nitrogen and oxygen atoms in total. The first-order valence-electron chi connectivity index (χ1n) is 6.66. The van der Waals surface area contributed by atoms with Crippen LogP contribution < -0.4 is 5.32 Å². The lowest BCUT2D eigenvalue weighted by atomic mass is 10.1. The van der Waals surface area contributed by atoms with Crippen molar-refractivity contribution < 1.29 is 22.0 Å². The maximum atomic E-state index is 13.1. The molecule has 1 heterocycles. The zero-order valence-corrected chi connectivity index (χ0v) is 12.5. The maximum absolute atomic E-state index is 13.1. The van der Waals surface area contributed by atoms with E-state index in [0.717, 1.165) is 17.5 Å². The molecule has 0 unspecified atom stereocenters. The lowest BCUT2D eigenvalue weighted by Gasteiger charge is -2.07. The van der Waals surface area contributed by atoms with E-state index in [1.165, 1.54) is 18.2 Å². The van der Waals surface area contributed by atoms with Gasteiger partial charge in [0.1, 0.15) is 0 Å². The molecule has 7 heteroatoms. The molecule has 0 saturated carbocycles. The summed E-state index contributed by atoms with van der Waals surface area (Å²) in [6.07, 6.45) is 1.33. The van der Waals surface area contributed by atoms with Gasteiger partial charge in [0, 0.05) is 11.1 Å². The van der Waals surface area contributed by atoms with Crippen LogP contribution in [-0.2, 0) is 21.1 Å². The van der Waals surface area contributed by atoms with Crippen molar-refractivity contribution in [1.29, 1.82) is 0 Å². The summed E-state index contributed by atoms with van der Waals surface area (Å²) in [5.74, 6) is -2.46. The Kier molecular flexibility index (Phi) is 3.73. The second-order valence-corrected chi connectivity index (χ2v) is 6.88. The molecule has 0 spiro atoms. The predicted molar refractivity (Wildman–Crippen MR) is 81.4 cm³/mol. The number of carbonyl (C=O) groups excluding carboxylic acids is 1. The number of nitrogens with one attached hydrogen (secondary N) is 1. The Morgan fingerprint density at radius 2 is 1.83 bits per heavy atom. The van der Waals surface area contributed by atoms with Crippen LogP contribution in [0.4, 0.5) is 14.5 Å². The molecule has 0 radical (unpaired) electrons. The number of benzene rings is 2. The van der Waals surface area contributed by atoms with Crippen LogP contribution in [0.15, 0.2) is 46.7 Å². The summed E-state index contributed by atoms with van der Waals surface area (Å²) in [5, 5.41) is 3.65. The number of anilines is 1. The van der Waals surface area contributed by atoms with E-state index in [-0.39, 0.29) is 11.3 Å². The maximum Gasteiger partial charge on any atom is 0.228 e. The minimum Gasteiger partial charge on any atom is -0.326 e. The molecule has 23 heavy (non-hydrogen) atoms. The highest BCUT2D eigenvalue weighted by molar-refractivity contribution is 7.94. The van der Waals surface area contributed by atoms with Crippen LogP contribution in [0.1, 0.15) is 11.1 Å². The lowest BCUT2D eigenvalue weighted by Crippen LogP contribution is -2.15. The SMILES string of the molecule is O=C(Cc1ccc(F)c(F)c1)Nc1ccc2c(c1)S(=O)(=O)C=C2. The third-order valence-corrected chi connectivity index (χ3v) is 4.84. The van der Waals surface area contributed by atoms with E-state index < -0.39 is 27.4 Å². The smallest absolute Gasteiger partial charge is 0.228 e. The molecular formula is C16H11F2NO3S. The zero-order valence-electron chi connectivity index (χ0n) is 11.7. The number of sulfone groups is 1. The Hall–Kier alpha value is -2.54. The monoisotopic (exact) mass is 335 g/mol. The van der Waals surface area contributed by atoms with Crippen molar-refractivity contribution in [1.82, 2.24) is 0 Å². The number of amides is 1. The third-order valence-electron chi connectivity index (χ3n) is 3.38. The van der Waals surface area contributed by atoms with Crippen LogP contribution in [0.3, 0.4) is 0 Å². The van der Waals surface area contributed by atoms with Crippen LogP contribution in [0.2, 0.25) is 0 Å². The van der Waals surface area contributed by atoms with Gasteiger partial charge >= 0.3 is 0 Å². The van der Waals surface area contributed by atoms with E-state index >= 15 is 0 Å². The van der Waals surface area contributed by atoms with Gasteiger partial charge in [0.25, 0.3) is 0 Å². The first kappa shape index (κ1) is 15.4. The highest BCUT2D eigenvalue weighted by Crippen LogP contribution is 2.29. The highest BCUT2D eigenvalue weighted by atomic mass is 32.2. The fourth-order valence-corrected chi connectivity index (χ4v) is 3.50. The number of rotatable bonds is 3. The first-order valence-corrected chi connectivity index (χ1v) is 8.21. The lowest BCUT2D eigenvalue weighted by molar-refractivity contribution is -0.115. The minimum absolute atomic E-state index is 0.128. The molecule has 0 aliphatic carbocycles. The van der Waals surface area contributed by atoms with Crippen LogP contribution in [0.25, 0.3) is 6.08 Å². The van der Waals surface area contributed by atoms with Gasteiger partial charge in [-0.2, -0.15) is 0 Å². The highest BCUT2D eigenvalue weighted by Gasteiger charge is 2.21. The third kappa shape index (κ3) is 3.14. The molecule has 1 aliphatic rings.